The van der Waals surface area contributed by atoms with Gasteiger partial charge in [-0.2, -0.15) is 0 Å². The van der Waals surface area contributed by atoms with Crippen molar-refractivity contribution in [3.63, 3.8) is 0 Å². The molecule has 1 amide bonds. The van der Waals surface area contributed by atoms with Crippen LogP contribution in [0.4, 0.5) is 0 Å². The van der Waals surface area contributed by atoms with E-state index in [9.17, 15) is 4.79 Å². The third-order valence-electron chi connectivity index (χ3n) is 3.40. The van der Waals surface area contributed by atoms with Crippen LogP contribution < -0.4 is 20.1 Å². The SMILES string of the molecule is CNCCCC(=O)NCc1ccnc(Oc2ccc(OC)cc2)c1.Cl.Cl. The fourth-order valence-electron chi connectivity index (χ4n) is 2.10. The molecule has 1 aromatic heterocycles. The fraction of sp³-hybridized carbons (Fsp3) is 0.333. The monoisotopic (exact) mass is 401 g/mol. The van der Waals surface area contributed by atoms with E-state index in [0.717, 1.165) is 24.3 Å². The zero-order valence-corrected chi connectivity index (χ0v) is 16.5. The molecule has 0 aliphatic rings. The number of pyridine rings is 1. The Morgan fingerprint density at radius 1 is 1.12 bits per heavy atom. The topological polar surface area (TPSA) is 72.5 Å². The molecule has 0 unspecified atom stereocenters. The molecule has 0 spiro atoms. The summed E-state index contributed by atoms with van der Waals surface area (Å²) in [7, 11) is 3.49. The summed E-state index contributed by atoms with van der Waals surface area (Å²) in [6, 6.07) is 11.0. The Labute approximate surface area is 166 Å². The van der Waals surface area contributed by atoms with Crippen LogP contribution >= 0.6 is 24.8 Å². The summed E-state index contributed by atoms with van der Waals surface area (Å²) in [6.07, 6.45) is 3.01. The van der Waals surface area contributed by atoms with E-state index in [1.54, 1.807) is 13.3 Å². The number of amides is 1. The molecule has 0 bridgehead atoms. The maximum Gasteiger partial charge on any atom is 0.220 e. The first-order valence-electron chi connectivity index (χ1n) is 7.89. The summed E-state index contributed by atoms with van der Waals surface area (Å²) in [6.45, 7) is 1.29. The quantitative estimate of drug-likeness (QED) is 0.630. The number of hydrogen-bond donors (Lipinski definition) is 2. The molecular formula is C18H25Cl2N3O3. The van der Waals surface area contributed by atoms with E-state index in [-0.39, 0.29) is 30.7 Å². The van der Waals surface area contributed by atoms with Crippen LogP contribution in [0.1, 0.15) is 18.4 Å². The minimum atomic E-state index is 0. The van der Waals surface area contributed by atoms with E-state index in [1.807, 2.05) is 43.4 Å². The van der Waals surface area contributed by atoms with Crippen molar-refractivity contribution in [1.82, 2.24) is 15.6 Å². The number of nitrogens with zero attached hydrogens (tertiary/aromatic N) is 1. The predicted octanol–water partition coefficient (Wildman–Crippen LogP) is 3.34. The third kappa shape index (κ3) is 8.38. The van der Waals surface area contributed by atoms with E-state index in [4.69, 9.17) is 9.47 Å². The minimum absolute atomic E-state index is 0. The Bertz CT molecular complexity index is 654. The van der Waals surface area contributed by atoms with Crippen molar-refractivity contribution in [1.29, 1.82) is 0 Å². The lowest BCUT2D eigenvalue weighted by atomic mass is 10.2. The Morgan fingerprint density at radius 2 is 1.81 bits per heavy atom. The number of rotatable bonds is 9. The zero-order chi connectivity index (χ0) is 17.2. The lowest BCUT2D eigenvalue weighted by Crippen LogP contribution is -2.23. The minimum Gasteiger partial charge on any atom is -0.497 e. The van der Waals surface area contributed by atoms with Crippen LogP contribution in [0.3, 0.4) is 0 Å². The number of aromatic nitrogens is 1. The van der Waals surface area contributed by atoms with Gasteiger partial charge in [0.1, 0.15) is 11.5 Å². The van der Waals surface area contributed by atoms with E-state index in [2.05, 4.69) is 15.6 Å². The van der Waals surface area contributed by atoms with Gasteiger partial charge in [0.2, 0.25) is 11.8 Å². The van der Waals surface area contributed by atoms with E-state index in [0.29, 0.717) is 24.6 Å². The first kappa shape index (κ1) is 24.0. The number of nitrogens with one attached hydrogen (secondary N) is 2. The molecule has 2 rings (SSSR count). The number of carbonyl (C=O) groups is 1. The lowest BCUT2D eigenvalue weighted by Gasteiger charge is -2.08. The number of carbonyl (C=O) groups excluding carboxylic acids is 1. The van der Waals surface area contributed by atoms with Gasteiger partial charge in [0.05, 0.1) is 7.11 Å². The first-order valence-corrected chi connectivity index (χ1v) is 7.89. The summed E-state index contributed by atoms with van der Waals surface area (Å²) in [5, 5.41) is 5.92. The molecule has 1 aromatic carbocycles. The van der Waals surface area contributed by atoms with Crippen molar-refractivity contribution in [3.8, 4) is 17.4 Å². The molecule has 8 heteroatoms. The number of hydrogen-bond acceptors (Lipinski definition) is 5. The number of methoxy groups -OCH3 is 1. The highest BCUT2D eigenvalue weighted by Gasteiger charge is 2.04. The van der Waals surface area contributed by atoms with Crippen LogP contribution in [0.25, 0.3) is 0 Å². The molecule has 2 N–H and O–H groups in total. The average Bonchev–Trinajstić information content (AvgIpc) is 2.61. The summed E-state index contributed by atoms with van der Waals surface area (Å²) in [5.74, 6) is 1.98. The van der Waals surface area contributed by atoms with Gasteiger partial charge in [-0.3, -0.25) is 4.79 Å². The van der Waals surface area contributed by atoms with E-state index < -0.39 is 0 Å². The predicted molar refractivity (Wildman–Crippen MR) is 107 cm³/mol. The zero-order valence-electron chi connectivity index (χ0n) is 14.9. The highest BCUT2D eigenvalue weighted by molar-refractivity contribution is 5.85. The van der Waals surface area contributed by atoms with Crippen molar-refractivity contribution in [2.75, 3.05) is 20.7 Å². The van der Waals surface area contributed by atoms with Gasteiger partial charge in [0, 0.05) is 25.2 Å². The molecule has 2 aromatic rings. The Morgan fingerprint density at radius 3 is 2.46 bits per heavy atom. The Hall–Kier alpha value is -2.02. The molecule has 0 fully saturated rings. The van der Waals surface area contributed by atoms with Gasteiger partial charge in [-0.25, -0.2) is 4.98 Å². The van der Waals surface area contributed by atoms with Crippen LogP contribution in [0, 0.1) is 0 Å². The standard InChI is InChI=1S/C18H23N3O3.2ClH/c1-19-10-3-4-17(22)21-13-14-9-11-20-18(12-14)24-16-7-5-15(23-2)6-8-16;;/h5-9,11-12,19H,3-4,10,13H2,1-2H3,(H,21,22);2*1H. The van der Waals surface area contributed by atoms with Gasteiger partial charge >= 0.3 is 0 Å². The summed E-state index contributed by atoms with van der Waals surface area (Å²) in [5.41, 5.74) is 0.940. The van der Waals surface area contributed by atoms with Gasteiger partial charge in [-0.05, 0) is 55.9 Å². The normalized spacial score (nSPS) is 9.46. The molecule has 144 valence electrons. The van der Waals surface area contributed by atoms with Crippen LogP contribution in [0.5, 0.6) is 17.4 Å². The number of halogens is 2. The van der Waals surface area contributed by atoms with Gasteiger partial charge in [-0.15, -0.1) is 24.8 Å². The molecule has 0 atom stereocenters. The second kappa shape index (κ2) is 13.2. The van der Waals surface area contributed by atoms with Crippen LogP contribution in [0.15, 0.2) is 42.6 Å². The second-order valence-electron chi connectivity index (χ2n) is 5.26. The third-order valence-corrected chi connectivity index (χ3v) is 3.40. The molecule has 6 nitrogen and oxygen atoms in total. The van der Waals surface area contributed by atoms with E-state index in [1.165, 1.54) is 0 Å². The van der Waals surface area contributed by atoms with Crippen LogP contribution in [0.2, 0.25) is 0 Å². The molecule has 0 saturated heterocycles. The molecule has 0 aliphatic carbocycles. The first-order chi connectivity index (χ1) is 11.7. The highest BCUT2D eigenvalue weighted by atomic mass is 35.5. The smallest absolute Gasteiger partial charge is 0.220 e. The fourth-order valence-corrected chi connectivity index (χ4v) is 2.10. The summed E-state index contributed by atoms with van der Waals surface area (Å²) < 4.78 is 10.8. The average molecular weight is 402 g/mol. The van der Waals surface area contributed by atoms with Crippen molar-refractivity contribution in [2.45, 2.75) is 19.4 Å². The Kier molecular flexibility index (Phi) is 12.2. The molecule has 1 heterocycles. The largest absolute Gasteiger partial charge is 0.497 e. The van der Waals surface area contributed by atoms with Crippen molar-refractivity contribution in [2.24, 2.45) is 0 Å². The molecule has 0 saturated carbocycles. The molecular weight excluding hydrogens is 377 g/mol. The summed E-state index contributed by atoms with van der Waals surface area (Å²) >= 11 is 0. The van der Waals surface area contributed by atoms with Gasteiger partial charge in [-0.1, -0.05) is 0 Å². The van der Waals surface area contributed by atoms with E-state index >= 15 is 0 Å². The van der Waals surface area contributed by atoms with Gasteiger partial charge in [0.25, 0.3) is 0 Å². The van der Waals surface area contributed by atoms with Gasteiger partial charge in [0.15, 0.2) is 0 Å². The number of benzene rings is 1. The van der Waals surface area contributed by atoms with Crippen molar-refractivity contribution < 1.29 is 14.3 Å². The second-order valence-corrected chi connectivity index (χ2v) is 5.26. The van der Waals surface area contributed by atoms with Crippen molar-refractivity contribution >= 4 is 30.7 Å². The maximum absolute atomic E-state index is 11.7. The Balaban J connectivity index is 0.00000312. The lowest BCUT2D eigenvalue weighted by molar-refractivity contribution is -0.121. The van der Waals surface area contributed by atoms with Gasteiger partial charge < -0.3 is 20.1 Å². The van der Waals surface area contributed by atoms with Crippen molar-refractivity contribution in [3.05, 3.63) is 48.2 Å². The summed E-state index contributed by atoms with van der Waals surface area (Å²) in [4.78, 5) is 15.9. The van der Waals surface area contributed by atoms with Crippen LogP contribution in [-0.4, -0.2) is 31.6 Å². The maximum atomic E-state index is 11.7. The molecule has 26 heavy (non-hydrogen) atoms. The van der Waals surface area contributed by atoms with Crippen LogP contribution in [-0.2, 0) is 11.3 Å². The molecule has 0 radical (unpaired) electrons. The molecule has 0 aliphatic heterocycles. The highest BCUT2D eigenvalue weighted by Crippen LogP contribution is 2.22. The number of ether oxygens (including phenoxy) is 2.